The predicted molar refractivity (Wildman–Crippen MR) is 123 cm³/mol. The van der Waals surface area contributed by atoms with Crippen LogP contribution in [0.15, 0.2) is 103 Å². The maximum atomic E-state index is 13.6. The van der Waals surface area contributed by atoms with Gasteiger partial charge in [0, 0.05) is 23.3 Å². The molecule has 0 aliphatic rings. The van der Waals surface area contributed by atoms with Crippen LogP contribution in [0.4, 0.5) is 0 Å². The summed E-state index contributed by atoms with van der Waals surface area (Å²) in [4.78, 5) is 18.2. The molecule has 1 amide bonds. The maximum Gasteiger partial charge on any atom is 0.257 e. The van der Waals surface area contributed by atoms with Crippen LogP contribution in [0, 0.1) is 0 Å². The molecule has 6 heteroatoms. The summed E-state index contributed by atoms with van der Waals surface area (Å²) in [5.74, 6) is -0.567. The Bertz CT molecular complexity index is 1370. The van der Waals surface area contributed by atoms with Gasteiger partial charge >= 0.3 is 0 Å². The van der Waals surface area contributed by atoms with E-state index in [9.17, 15) is 9.90 Å². The van der Waals surface area contributed by atoms with Crippen LogP contribution in [-0.4, -0.2) is 25.8 Å². The van der Waals surface area contributed by atoms with Gasteiger partial charge < -0.3 is 10.4 Å². The monoisotopic (exact) mass is 420 g/mol. The minimum absolute atomic E-state index is 0.153. The van der Waals surface area contributed by atoms with Crippen LogP contribution in [0.25, 0.3) is 22.2 Å². The quantitative estimate of drug-likeness (QED) is 0.429. The molecule has 0 aliphatic heterocycles. The molecule has 6 nitrogen and oxygen atoms in total. The van der Waals surface area contributed by atoms with E-state index in [1.54, 1.807) is 29.2 Å². The Balaban J connectivity index is 1.63. The molecule has 0 bridgehead atoms. The highest BCUT2D eigenvalue weighted by Crippen LogP contribution is 2.35. The summed E-state index contributed by atoms with van der Waals surface area (Å²) >= 11 is 0. The fraction of sp³-hybridized carbons (Fsp3) is 0.0385. The molecule has 0 spiro atoms. The first-order valence-electron chi connectivity index (χ1n) is 10.2. The van der Waals surface area contributed by atoms with Gasteiger partial charge in [0.2, 0.25) is 0 Å². The number of fused-ring (bicyclic) bond motifs is 1. The summed E-state index contributed by atoms with van der Waals surface area (Å²) in [7, 11) is 0. The molecule has 5 rings (SSSR count). The highest BCUT2D eigenvalue weighted by Gasteiger charge is 2.24. The third-order valence-corrected chi connectivity index (χ3v) is 5.31. The largest absolute Gasteiger partial charge is 0.505 e. The van der Waals surface area contributed by atoms with E-state index in [0.717, 1.165) is 11.1 Å². The van der Waals surface area contributed by atoms with Gasteiger partial charge in [-0.15, -0.1) is 0 Å². The molecular formula is C26H20N4O2. The molecule has 5 aromatic rings. The number of carbonyl (C=O) groups excluding carboxylic acids is 1. The van der Waals surface area contributed by atoms with Crippen LogP contribution in [0.5, 0.6) is 5.75 Å². The zero-order valence-electron chi connectivity index (χ0n) is 17.1. The summed E-state index contributed by atoms with van der Waals surface area (Å²) in [6, 6.07) is 28.0. The number of para-hydroxylation sites is 1. The lowest BCUT2D eigenvalue weighted by atomic mass is 10.0. The van der Waals surface area contributed by atoms with Crippen LogP contribution < -0.4 is 5.32 Å². The van der Waals surface area contributed by atoms with Gasteiger partial charge in [0.15, 0.2) is 5.75 Å². The fourth-order valence-corrected chi connectivity index (χ4v) is 3.80. The summed E-state index contributed by atoms with van der Waals surface area (Å²) in [6.07, 6.45) is 2.91. The third kappa shape index (κ3) is 3.58. The molecular weight excluding hydrogens is 400 g/mol. The van der Waals surface area contributed by atoms with Gasteiger partial charge in [-0.3, -0.25) is 4.79 Å². The molecule has 0 aliphatic carbocycles. The zero-order chi connectivity index (χ0) is 21.9. The van der Waals surface area contributed by atoms with Crippen molar-refractivity contribution in [2.45, 2.75) is 6.17 Å². The van der Waals surface area contributed by atoms with Crippen LogP contribution in [0.3, 0.4) is 0 Å². The summed E-state index contributed by atoms with van der Waals surface area (Å²) in [5, 5.41) is 19.1. The Hall–Kier alpha value is -4.45. The second-order valence-corrected chi connectivity index (χ2v) is 7.34. The van der Waals surface area contributed by atoms with Gasteiger partial charge in [-0.05, 0) is 17.7 Å². The van der Waals surface area contributed by atoms with E-state index in [-0.39, 0.29) is 11.3 Å². The Morgan fingerprint density at radius 1 is 0.875 bits per heavy atom. The van der Waals surface area contributed by atoms with E-state index in [1.165, 1.54) is 0 Å². The maximum absolute atomic E-state index is 13.6. The van der Waals surface area contributed by atoms with Gasteiger partial charge in [-0.2, -0.15) is 5.10 Å². The van der Waals surface area contributed by atoms with Gasteiger partial charge in [0.1, 0.15) is 11.9 Å². The van der Waals surface area contributed by atoms with Crippen LogP contribution in [0.2, 0.25) is 0 Å². The number of hydrogen-bond acceptors (Lipinski definition) is 4. The molecule has 2 N–H and O–H groups in total. The smallest absolute Gasteiger partial charge is 0.257 e. The lowest BCUT2D eigenvalue weighted by Gasteiger charge is -2.21. The summed E-state index contributed by atoms with van der Waals surface area (Å²) in [6.45, 7) is 0. The van der Waals surface area contributed by atoms with Crippen molar-refractivity contribution in [1.82, 2.24) is 20.1 Å². The van der Waals surface area contributed by atoms with E-state index in [0.29, 0.717) is 16.6 Å². The number of aromatic hydroxyl groups is 1. The van der Waals surface area contributed by atoms with Crippen molar-refractivity contribution in [2.75, 3.05) is 0 Å². The first-order valence-corrected chi connectivity index (χ1v) is 10.2. The van der Waals surface area contributed by atoms with Crippen LogP contribution >= 0.6 is 0 Å². The van der Waals surface area contributed by atoms with Gasteiger partial charge in [0.25, 0.3) is 5.91 Å². The molecule has 0 saturated carbocycles. The average molecular weight is 420 g/mol. The number of pyridine rings is 1. The minimum Gasteiger partial charge on any atom is -0.505 e. The van der Waals surface area contributed by atoms with Crippen molar-refractivity contribution in [1.29, 1.82) is 0 Å². The molecule has 2 aromatic heterocycles. The lowest BCUT2D eigenvalue weighted by molar-refractivity contribution is 0.0926. The van der Waals surface area contributed by atoms with E-state index in [1.807, 2.05) is 78.9 Å². The second-order valence-electron chi connectivity index (χ2n) is 7.34. The Labute approximate surface area is 184 Å². The Kier molecular flexibility index (Phi) is 5.09. The molecule has 0 radical (unpaired) electrons. The van der Waals surface area contributed by atoms with Gasteiger partial charge in [0.05, 0.1) is 11.1 Å². The first-order chi connectivity index (χ1) is 15.7. The van der Waals surface area contributed by atoms with Crippen molar-refractivity contribution < 1.29 is 9.90 Å². The molecule has 32 heavy (non-hydrogen) atoms. The molecule has 1 unspecified atom stereocenters. The lowest BCUT2D eigenvalue weighted by Crippen LogP contribution is -2.33. The highest BCUT2D eigenvalue weighted by atomic mass is 16.3. The molecule has 2 heterocycles. The zero-order valence-corrected chi connectivity index (χ0v) is 17.1. The third-order valence-electron chi connectivity index (χ3n) is 5.31. The van der Waals surface area contributed by atoms with Crippen molar-refractivity contribution in [3.63, 3.8) is 0 Å². The van der Waals surface area contributed by atoms with Gasteiger partial charge in [-0.1, -0.05) is 78.9 Å². The summed E-state index contributed by atoms with van der Waals surface area (Å²) < 4.78 is 1.67. The van der Waals surface area contributed by atoms with Crippen LogP contribution in [0.1, 0.15) is 22.1 Å². The first kappa shape index (κ1) is 19.5. The van der Waals surface area contributed by atoms with E-state index >= 15 is 0 Å². The molecule has 0 fully saturated rings. The normalized spacial score (nSPS) is 11.9. The number of benzene rings is 3. The molecule has 156 valence electrons. The number of rotatable bonds is 5. The predicted octanol–water partition coefficient (Wildman–Crippen LogP) is 4.78. The number of hydrogen-bond donors (Lipinski definition) is 2. The molecule has 0 saturated heterocycles. The average Bonchev–Trinajstić information content (AvgIpc) is 3.38. The number of amides is 1. The van der Waals surface area contributed by atoms with Crippen molar-refractivity contribution in [3.05, 3.63) is 115 Å². The van der Waals surface area contributed by atoms with Crippen LogP contribution in [-0.2, 0) is 0 Å². The van der Waals surface area contributed by atoms with E-state index in [4.69, 9.17) is 0 Å². The van der Waals surface area contributed by atoms with Crippen molar-refractivity contribution in [2.24, 2.45) is 0 Å². The van der Waals surface area contributed by atoms with E-state index in [2.05, 4.69) is 15.4 Å². The van der Waals surface area contributed by atoms with Crippen molar-refractivity contribution in [3.8, 4) is 17.0 Å². The highest BCUT2D eigenvalue weighted by molar-refractivity contribution is 6.10. The number of nitrogens with one attached hydrogen (secondary N) is 1. The fourth-order valence-electron chi connectivity index (χ4n) is 3.80. The number of nitrogens with zero attached hydrogens (tertiary/aromatic N) is 3. The van der Waals surface area contributed by atoms with Gasteiger partial charge in [-0.25, -0.2) is 9.67 Å². The SMILES string of the molecule is O=C(NC(c1ccccc1)n1cccn1)c1c(O)c(-c2ccccc2)nc2ccccc12. The second kappa shape index (κ2) is 8.35. The number of carbonyl (C=O) groups is 1. The van der Waals surface area contributed by atoms with Crippen molar-refractivity contribution >= 4 is 16.8 Å². The van der Waals surface area contributed by atoms with E-state index < -0.39 is 12.1 Å². The topological polar surface area (TPSA) is 80.0 Å². The standard InChI is InChI=1S/C26H20N4O2/c31-24-22(20-14-7-8-15-21(20)28-23(24)18-10-3-1-4-11-18)26(32)29-25(30-17-9-16-27-30)19-12-5-2-6-13-19/h1-17,25,31H,(H,29,32). The Morgan fingerprint density at radius 2 is 1.56 bits per heavy atom. The molecule has 1 atom stereocenters. The minimum atomic E-state index is -0.537. The summed E-state index contributed by atoms with van der Waals surface area (Å²) in [5.41, 5.74) is 2.78. The molecule has 3 aromatic carbocycles. The Morgan fingerprint density at radius 3 is 2.28 bits per heavy atom. The number of aromatic nitrogens is 3.